The molecule has 0 aromatic carbocycles. The number of halogens is 1. The van der Waals surface area contributed by atoms with Gasteiger partial charge in [0.25, 0.3) is 0 Å². The van der Waals surface area contributed by atoms with Gasteiger partial charge in [0.2, 0.25) is 0 Å². The average Bonchev–Trinajstić information content (AvgIpc) is 2.30. The lowest BCUT2D eigenvalue weighted by molar-refractivity contribution is 0.0693. The molecule has 2 heterocycles. The molecule has 17 heavy (non-hydrogen) atoms. The molecule has 0 saturated carbocycles. The zero-order chi connectivity index (χ0) is 12.4. The summed E-state index contributed by atoms with van der Waals surface area (Å²) in [6, 6.07) is 2.48. The predicted molar refractivity (Wildman–Crippen MR) is 56.1 cm³/mol. The number of carboxylic acid groups (broad SMARTS) is 1. The van der Waals surface area contributed by atoms with Crippen LogP contribution in [0.1, 0.15) is 10.4 Å². The van der Waals surface area contributed by atoms with Crippen molar-refractivity contribution in [1.29, 1.82) is 0 Å². The number of nitrogens with zero attached hydrogens (tertiary/aromatic N) is 2. The minimum Gasteiger partial charge on any atom is -0.505 e. The van der Waals surface area contributed by atoms with Gasteiger partial charge in [-0.3, -0.25) is 9.97 Å². The molecule has 2 N–H and O–H groups in total. The Morgan fingerprint density at radius 2 is 2.12 bits per heavy atom. The predicted octanol–water partition coefficient (Wildman–Crippen LogP) is 1.69. The molecule has 2 aromatic heterocycles. The summed E-state index contributed by atoms with van der Waals surface area (Å²) in [6.45, 7) is 0. The summed E-state index contributed by atoms with van der Waals surface area (Å²) in [7, 11) is 0. The van der Waals surface area contributed by atoms with E-state index < -0.39 is 17.5 Å². The van der Waals surface area contributed by atoms with Gasteiger partial charge in [-0.25, -0.2) is 9.18 Å². The highest BCUT2D eigenvalue weighted by Crippen LogP contribution is 2.24. The van der Waals surface area contributed by atoms with Gasteiger partial charge in [0, 0.05) is 11.8 Å². The highest BCUT2D eigenvalue weighted by Gasteiger charge is 2.13. The van der Waals surface area contributed by atoms with E-state index >= 15 is 0 Å². The van der Waals surface area contributed by atoms with Crippen LogP contribution in [0, 0.1) is 5.82 Å². The van der Waals surface area contributed by atoms with Crippen molar-refractivity contribution < 1.29 is 19.4 Å². The fourth-order valence-electron chi connectivity index (χ4n) is 1.35. The number of aromatic hydroxyl groups is 1. The first-order valence-corrected chi connectivity index (χ1v) is 4.62. The Bertz CT molecular complexity index is 587. The van der Waals surface area contributed by atoms with Crippen LogP contribution in [0.4, 0.5) is 4.39 Å². The number of carboxylic acids is 1. The zero-order valence-electron chi connectivity index (χ0n) is 8.46. The van der Waals surface area contributed by atoms with Crippen molar-refractivity contribution in [1.82, 2.24) is 9.97 Å². The van der Waals surface area contributed by atoms with Crippen molar-refractivity contribution in [2.75, 3.05) is 0 Å². The molecule has 5 nitrogen and oxygen atoms in total. The van der Waals surface area contributed by atoms with Crippen molar-refractivity contribution in [2.24, 2.45) is 0 Å². The van der Waals surface area contributed by atoms with Gasteiger partial charge in [-0.05, 0) is 12.1 Å². The fourth-order valence-corrected chi connectivity index (χ4v) is 1.35. The number of rotatable bonds is 2. The molecule has 0 aliphatic carbocycles. The molecule has 86 valence electrons. The van der Waals surface area contributed by atoms with E-state index in [4.69, 9.17) is 5.11 Å². The van der Waals surface area contributed by atoms with Crippen molar-refractivity contribution in [3.05, 3.63) is 42.1 Å². The molecular formula is C11H7FN2O3. The van der Waals surface area contributed by atoms with Gasteiger partial charge in [-0.1, -0.05) is 0 Å². The second kappa shape index (κ2) is 4.17. The monoisotopic (exact) mass is 234 g/mol. The molecule has 2 aromatic rings. The van der Waals surface area contributed by atoms with E-state index in [1.54, 1.807) is 0 Å². The normalized spacial score (nSPS) is 10.2. The first kappa shape index (κ1) is 11.0. The third-order valence-corrected chi connectivity index (χ3v) is 2.16. The molecule has 0 bridgehead atoms. The van der Waals surface area contributed by atoms with E-state index in [9.17, 15) is 14.3 Å². The van der Waals surface area contributed by atoms with Gasteiger partial charge in [0.05, 0.1) is 18.1 Å². The SMILES string of the molecule is O=C(O)c1cc(-c2ccncc2F)ncc1O. The third kappa shape index (κ3) is 2.05. The molecule has 0 amide bonds. The van der Waals surface area contributed by atoms with E-state index in [1.165, 1.54) is 12.3 Å². The van der Waals surface area contributed by atoms with E-state index in [2.05, 4.69) is 9.97 Å². The smallest absolute Gasteiger partial charge is 0.339 e. The minimum absolute atomic E-state index is 0.125. The highest BCUT2D eigenvalue weighted by molar-refractivity contribution is 5.91. The Hall–Kier alpha value is -2.50. The third-order valence-electron chi connectivity index (χ3n) is 2.16. The number of hydrogen-bond donors (Lipinski definition) is 2. The van der Waals surface area contributed by atoms with Crippen molar-refractivity contribution >= 4 is 5.97 Å². The maximum atomic E-state index is 13.4. The quantitative estimate of drug-likeness (QED) is 0.826. The van der Waals surface area contributed by atoms with Gasteiger partial charge in [0.15, 0.2) is 5.82 Å². The number of carbonyl (C=O) groups is 1. The molecule has 0 aliphatic heterocycles. The summed E-state index contributed by atoms with van der Waals surface area (Å²) in [5.74, 6) is -2.38. The Morgan fingerprint density at radius 1 is 1.35 bits per heavy atom. The molecule has 0 atom stereocenters. The first-order valence-electron chi connectivity index (χ1n) is 4.62. The van der Waals surface area contributed by atoms with Gasteiger partial charge >= 0.3 is 5.97 Å². The number of aromatic carboxylic acids is 1. The molecule has 0 unspecified atom stereocenters. The summed E-state index contributed by atoms with van der Waals surface area (Å²) in [4.78, 5) is 18.1. The van der Waals surface area contributed by atoms with E-state index in [0.717, 1.165) is 18.5 Å². The lowest BCUT2D eigenvalue weighted by atomic mass is 10.1. The fraction of sp³-hybridized carbons (Fsp3) is 0. The molecule has 0 fully saturated rings. The minimum atomic E-state index is -1.30. The Balaban J connectivity index is 2.58. The Kier molecular flexibility index (Phi) is 2.70. The molecule has 6 heteroatoms. The maximum absolute atomic E-state index is 13.4. The molecule has 0 aliphatic rings. The van der Waals surface area contributed by atoms with Crippen molar-refractivity contribution in [3.63, 3.8) is 0 Å². The van der Waals surface area contributed by atoms with Crippen LogP contribution in [-0.4, -0.2) is 26.2 Å². The molecule has 0 radical (unpaired) electrons. The van der Waals surface area contributed by atoms with Gasteiger partial charge in [0.1, 0.15) is 11.3 Å². The van der Waals surface area contributed by atoms with Crippen LogP contribution in [0.2, 0.25) is 0 Å². The Morgan fingerprint density at radius 3 is 2.76 bits per heavy atom. The van der Waals surface area contributed by atoms with Crippen LogP contribution in [-0.2, 0) is 0 Å². The van der Waals surface area contributed by atoms with E-state index in [0.29, 0.717) is 0 Å². The van der Waals surface area contributed by atoms with Crippen LogP contribution in [0.5, 0.6) is 5.75 Å². The maximum Gasteiger partial charge on any atom is 0.339 e. The largest absolute Gasteiger partial charge is 0.505 e. The standard InChI is InChI=1S/C11H7FN2O3/c12-8-4-13-2-1-6(8)9-3-7(11(16)17)10(15)5-14-9/h1-5,15H,(H,16,17). The molecule has 0 saturated heterocycles. The number of pyridine rings is 2. The van der Waals surface area contributed by atoms with Crippen LogP contribution >= 0.6 is 0 Å². The Labute approximate surface area is 95.2 Å². The van der Waals surface area contributed by atoms with E-state index in [1.807, 2.05) is 0 Å². The van der Waals surface area contributed by atoms with Gasteiger partial charge in [-0.2, -0.15) is 0 Å². The average molecular weight is 234 g/mol. The summed E-state index contributed by atoms with van der Waals surface area (Å²) >= 11 is 0. The molecular weight excluding hydrogens is 227 g/mol. The second-order valence-electron chi connectivity index (χ2n) is 3.25. The van der Waals surface area contributed by atoms with Crippen LogP contribution in [0.25, 0.3) is 11.3 Å². The van der Waals surface area contributed by atoms with Crippen molar-refractivity contribution in [2.45, 2.75) is 0 Å². The van der Waals surface area contributed by atoms with Gasteiger partial charge in [-0.15, -0.1) is 0 Å². The first-order chi connectivity index (χ1) is 8.09. The lowest BCUT2D eigenvalue weighted by Crippen LogP contribution is -1.99. The summed E-state index contributed by atoms with van der Waals surface area (Å²) in [5.41, 5.74) is -0.0752. The second-order valence-corrected chi connectivity index (χ2v) is 3.25. The van der Waals surface area contributed by atoms with Crippen LogP contribution in [0.15, 0.2) is 30.7 Å². The van der Waals surface area contributed by atoms with Crippen LogP contribution in [0.3, 0.4) is 0 Å². The van der Waals surface area contributed by atoms with E-state index in [-0.39, 0.29) is 16.8 Å². The van der Waals surface area contributed by atoms with Crippen LogP contribution < -0.4 is 0 Å². The zero-order valence-corrected chi connectivity index (χ0v) is 8.46. The topological polar surface area (TPSA) is 83.3 Å². The molecule has 0 spiro atoms. The lowest BCUT2D eigenvalue weighted by Gasteiger charge is -2.04. The summed E-state index contributed by atoms with van der Waals surface area (Å²) in [6.07, 6.45) is 3.34. The highest BCUT2D eigenvalue weighted by atomic mass is 19.1. The summed E-state index contributed by atoms with van der Waals surface area (Å²) in [5, 5.41) is 18.1. The molecule has 2 rings (SSSR count). The van der Waals surface area contributed by atoms with Crippen molar-refractivity contribution in [3.8, 4) is 17.0 Å². The number of hydrogen-bond acceptors (Lipinski definition) is 4. The van der Waals surface area contributed by atoms with Gasteiger partial charge < -0.3 is 10.2 Å². The number of aromatic nitrogens is 2. The summed E-state index contributed by atoms with van der Waals surface area (Å²) < 4.78 is 13.4.